The molecule has 0 spiro atoms. The van der Waals surface area contributed by atoms with Gasteiger partial charge in [-0.25, -0.2) is 13.2 Å². The molecule has 1 aliphatic rings. The van der Waals surface area contributed by atoms with Gasteiger partial charge in [-0.1, -0.05) is 18.2 Å². The lowest BCUT2D eigenvalue weighted by molar-refractivity contribution is 0.0696. The predicted octanol–water partition coefficient (Wildman–Crippen LogP) is 2.03. The largest absolute Gasteiger partial charge is 0.478 e. The molecule has 2 rings (SSSR count). The van der Waals surface area contributed by atoms with Gasteiger partial charge < -0.3 is 5.11 Å². The molecule has 0 radical (unpaired) electrons. The van der Waals surface area contributed by atoms with E-state index in [0.29, 0.717) is 12.1 Å². The highest BCUT2D eigenvalue weighted by molar-refractivity contribution is 7.89. The molecule has 1 aromatic rings. The molecule has 0 aliphatic carbocycles. The summed E-state index contributed by atoms with van der Waals surface area (Å²) in [6.45, 7) is 5.58. The topological polar surface area (TPSA) is 74.7 Å². The summed E-state index contributed by atoms with van der Waals surface area (Å²) in [4.78, 5) is 11.1. The molecular weight excluding hydrogens is 278 g/mol. The molecule has 1 aromatic carbocycles. The van der Waals surface area contributed by atoms with E-state index in [0.717, 1.165) is 0 Å². The van der Waals surface area contributed by atoms with Gasteiger partial charge in [0.15, 0.2) is 0 Å². The highest BCUT2D eigenvalue weighted by Crippen LogP contribution is 2.31. The summed E-state index contributed by atoms with van der Waals surface area (Å²) in [6, 6.07) is 4.15. The molecule has 0 bridgehead atoms. The highest BCUT2D eigenvalue weighted by atomic mass is 32.2. The van der Waals surface area contributed by atoms with Crippen molar-refractivity contribution in [2.24, 2.45) is 0 Å². The molecule has 0 saturated carbocycles. The van der Waals surface area contributed by atoms with Gasteiger partial charge in [-0.15, -0.1) is 0 Å². The first-order valence-electron chi connectivity index (χ1n) is 6.21. The van der Waals surface area contributed by atoms with E-state index in [1.807, 2.05) is 19.9 Å². The molecule has 0 fully saturated rings. The third-order valence-electron chi connectivity index (χ3n) is 3.44. The number of carboxylic acids is 1. The monoisotopic (exact) mass is 295 g/mol. The average Bonchev–Trinajstić information content (AvgIpc) is 2.69. The molecule has 0 aromatic heterocycles. The molecule has 0 saturated heterocycles. The van der Waals surface area contributed by atoms with Crippen LogP contribution in [0.15, 0.2) is 35.2 Å². The first-order chi connectivity index (χ1) is 9.16. The van der Waals surface area contributed by atoms with Crippen LogP contribution in [-0.4, -0.2) is 35.9 Å². The SMILES string of the molecule is Cc1ccc(C(=O)O)cc1S(=O)(=O)N1CC=CC1(C)C. The summed E-state index contributed by atoms with van der Waals surface area (Å²) in [5, 5.41) is 9.01. The lowest BCUT2D eigenvalue weighted by Crippen LogP contribution is -2.43. The number of carbonyl (C=O) groups is 1. The van der Waals surface area contributed by atoms with Crippen LogP contribution in [0, 0.1) is 6.92 Å². The first-order valence-corrected chi connectivity index (χ1v) is 7.65. The number of sulfonamides is 1. The van der Waals surface area contributed by atoms with Gasteiger partial charge in [-0.3, -0.25) is 0 Å². The van der Waals surface area contributed by atoms with Crippen molar-refractivity contribution in [3.05, 3.63) is 41.5 Å². The van der Waals surface area contributed by atoms with Crippen molar-refractivity contribution >= 4 is 16.0 Å². The quantitative estimate of drug-likeness (QED) is 0.866. The van der Waals surface area contributed by atoms with Crippen molar-refractivity contribution in [3.8, 4) is 0 Å². The molecule has 5 nitrogen and oxygen atoms in total. The van der Waals surface area contributed by atoms with E-state index in [1.54, 1.807) is 13.0 Å². The highest BCUT2D eigenvalue weighted by Gasteiger charge is 2.38. The summed E-state index contributed by atoms with van der Waals surface area (Å²) in [6.07, 6.45) is 3.63. The fraction of sp³-hybridized carbons (Fsp3) is 0.357. The maximum atomic E-state index is 12.7. The second-order valence-corrected chi connectivity index (χ2v) is 7.21. The Morgan fingerprint density at radius 2 is 2.00 bits per heavy atom. The van der Waals surface area contributed by atoms with E-state index < -0.39 is 21.5 Å². The Bertz CT molecular complexity index is 689. The third-order valence-corrected chi connectivity index (χ3v) is 5.64. The number of hydrogen-bond acceptors (Lipinski definition) is 3. The normalized spacial score (nSPS) is 18.4. The van der Waals surface area contributed by atoms with Crippen molar-refractivity contribution in [2.45, 2.75) is 31.2 Å². The second-order valence-electron chi connectivity index (χ2n) is 5.38. The van der Waals surface area contributed by atoms with Gasteiger partial charge in [-0.05, 0) is 38.5 Å². The zero-order chi connectivity index (χ0) is 15.1. The van der Waals surface area contributed by atoms with Crippen LogP contribution in [0.4, 0.5) is 0 Å². The maximum absolute atomic E-state index is 12.7. The van der Waals surface area contributed by atoms with Crippen LogP contribution in [0.25, 0.3) is 0 Å². The van der Waals surface area contributed by atoms with Crippen molar-refractivity contribution in [1.82, 2.24) is 4.31 Å². The van der Waals surface area contributed by atoms with E-state index in [-0.39, 0.29) is 10.5 Å². The van der Waals surface area contributed by atoms with Crippen LogP contribution >= 0.6 is 0 Å². The van der Waals surface area contributed by atoms with Crippen LogP contribution in [0.2, 0.25) is 0 Å². The van der Waals surface area contributed by atoms with Gasteiger partial charge in [-0.2, -0.15) is 4.31 Å². The summed E-state index contributed by atoms with van der Waals surface area (Å²) in [7, 11) is -3.73. The van der Waals surface area contributed by atoms with E-state index >= 15 is 0 Å². The molecule has 0 atom stereocenters. The summed E-state index contributed by atoms with van der Waals surface area (Å²) in [5.41, 5.74) is -0.0957. The number of aryl methyl sites for hydroxylation is 1. The molecule has 6 heteroatoms. The number of benzene rings is 1. The Morgan fingerprint density at radius 3 is 2.50 bits per heavy atom. The van der Waals surface area contributed by atoms with Crippen LogP contribution in [-0.2, 0) is 10.0 Å². The van der Waals surface area contributed by atoms with Crippen LogP contribution in [0.3, 0.4) is 0 Å². The Balaban J connectivity index is 2.55. The lowest BCUT2D eigenvalue weighted by atomic mass is 10.1. The molecule has 1 aliphatic heterocycles. The molecule has 20 heavy (non-hydrogen) atoms. The van der Waals surface area contributed by atoms with E-state index in [9.17, 15) is 13.2 Å². The van der Waals surface area contributed by atoms with Crippen LogP contribution in [0.1, 0.15) is 29.8 Å². The Kier molecular flexibility index (Phi) is 3.47. The number of nitrogens with zero attached hydrogens (tertiary/aromatic N) is 1. The van der Waals surface area contributed by atoms with Gasteiger partial charge in [0.2, 0.25) is 10.0 Å². The van der Waals surface area contributed by atoms with Crippen molar-refractivity contribution < 1.29 is 18.3 Å². The van der Waals surface area contributed by atoms with E-state index in [2.05, 4.69) is 0 Å². The number of rotatable bonds is 3. The Morgan fingerprint density at radius 1 is 1.35 bits per heavy atom. The fourth-order valence-electron chi connectivity index (χ4n) is 2.29. The third kappa shape index (κ3) is 2.36. The summed E-state index contributed by atoms with van der Waals surface area (Å²) in [5.74, 6) is -1.14. The predicted molar refractivity (Wildman–Crippen MR) is 75.2 cm³/mol. The molecule has 0 amide bonds. The van der Waals surface area contributed by atoms with Gasteiger partial charge >= 0.3 is 5.97 Å². The molecular formula is C14H17NO4S. The second kappa shape index (κ2) is 4.71. The van der Waals surface area contributed by atoms with E-state index in [1.165, 1.54) is 22.5 Å². The molecule has 108 valence electrons. The Labute approximate surface area is 118 Å². The smallest absolute Gasteiger partial charge is 0.335 e. The lowest BCUT2D eigenvalue weighted by Gasteiger charge is -2.30. The van der Waals surface area contributed by atoms with Crippen LogP contribution < -0.4 is 0 Å². The minimum Gasteiger partial charge on any atom is -0.478 e. The zero-order valence-electron chi connectivity index (χ0n) is 11.6. The molecule has 1 heterocycles. The minimum atomic E-state index is -3.73. The standard InChI is InChI=1S/C14H17NO4S/c1-10-5-6-11(13(16)17)9-12(10)20(18,19)15-8-4-7-14(15,2)3/h4-7,9H,8H2,1-3H3,(H,16,17). The van der Waals surface area contributed by atoms with Gasteiger partial charge in [0.25, 0.3) is 0 Å². The van der Waals surface area contributed by atoms with Gasteiger partial charge in [0.1, 0.15) is 0 Å². The van der Waals surface area contributed by atoms with E-state index in [4.69, 9.17) is 5.11 Å². The number of carboxylic acid groups (broad SMARTS) is 1. The number of hydrogen-bond donors (Lipinski definition) is 1. The van der Waals surface area contributed by atoms with Crippen molar-refractivity contribution in [3.63, 3.8) is 0 Å². The molecule has 0 unspecified atom stereocenters. The fourth-order valence-corrected chi connectivity index (χ4v) is 4.24. The summed E-state index contributed by atoms with van der Waals surface area (Å²) >= 11 is 0. The minimum absolute atomic E-state index is 0.0286. The van der Waals surface area contributed by atoms with Gasteiger partial charge in [0.05, 0.1) is 10.5 Å². The van der Waals surface area contributed by atoms with Crippen molar-refractivity contribution in [2.75, 3.05) is 6.54 Å². The number of aromatic carboxylic acids is 1. The molecule has 1 N–H and O–H groups in total. The first kappa shape index (κ1) is 14.7. The summed E-state index contributed by atoms with van der Waals surface area (Å²) < 4.78 is 26.8. The zero-order valence-corrected chi connectivity index (χ0v) is 12.4. The van der Waals surface area contributed by atoms with Crippen molar-refractivity contribution in [1.29, 1.82) is 0 Å². The van der Waals surface area contributed by atoms with Crippen LogP contribution in [0.5, 0.6) is 0 Å². The average molecular weight is 295 g/mol. The Hall–Kier alpha value is -1.66. The van der Waals surface area contributed by atoms with Gasteiger partial charge in [0, 0.05) is 12.1 Å². The maximum Gasteiger partial charge on any atom is 0.335 e.